The van der Waals surface area contributed by atoms with Crippen LogP contribution in [0.3, 0.4) is 0 Å². The largest absolute Gasteiger partial charge is 0.310 e. The highest BCUT2D eigenvalue weighted by molar-refractivity contribution is 7.99. The summed E-state index contributed by atoms with van der Waals surface area (Å²) < 4.78 is 2.02. The Labute approximate surface area is 107 Å². The van der Waals surface area contributed by atoms with E-state index in [4.69, 9.17) is 0 Å². The number of nitrogens with zero attached hydrogens (tertiary/aromatic N) is 4. The standard InChI is InChI=1S/C11H21N5S/c1-9(2)7-12-8-11-13-14-15-16(11)10-3-5-17-6-4-10/h9-10,12H,3-8H2,1-2H3. The van der Waals surface area contributed by atoms with Gasteiger partial charge in [0.05, 0.1) is 12.6 Å². The van der Waals surface area contributed by atoms with E-state index in [0.717, 1.165) is 18.9 Å². The van der Waals surface area contributed by atoms with Crippen molar-refractivity contribution in [3.8, 4) is 0 Å². The summed E-state index contributed by atoms with van der Waals surface area (Å²) in [5, 5.41) is 15.5. The lowest BCUT2D eigenvalue weighted by molar-refractivity contribution is 0.396. The average molecular weight is 255 g/mol. The fourth-order valence-corrected chi connectivity index (χ4v) is 3.10. The first-order chi connectivity index (χ1) is 8.27. The minimum absolute atomic E-state index is 0.502. The zero-order valence-corrected chi connectivity index (χ0v) is 11.4. The maximum Gasteiger partial charge on any atom is 0.165 e. The summed E-state index contributed by atoms with van der Waals surface area (Å²) in [4.78, 5) is 0. The molecule has 0 aromatic carbocycles. The molecule has 0 radical (unpaired) electrons. The highest BCUT2D eigenvalue weighted by Crippen LogP contribution is 2.26. The van der Waals surface area contributed by atoms with Crippen molar-refractivity contribution in [1.29, 1.82) is 0 Å². The number of tetrazole rings is 1. The van der Waals surface area contributed by atoms with Crippen LogP contribution in [0.4, 0.5) is 0 Å². The van der Waals surface area contributed by atoms with Crippen molar-refractivity contribution in [2.75, 3.05) is 18.1 Å². The Morgan fingerprint density at radius 1 is 1.41 bits per heavy atom. The Morgan fingerprint density at radius 2 is 2.18 bits per heavy atom. The lowest BCUT2D eigenvalue weighted by Gasteiger charge is -2.22. The zero-order valence-electron chi connectivity index (χ0n) is 10.6. The van der Waals surface area contributed by atoms with E-state index < -0.39 is 0 Å². The van der Waals surface area contributed by atoms with E-state index in [-0.39, 0.29) is 0 Å². The van der Waals surface area contributed by atoms with Gasteiger partial charge in [-0.25, -0.2) is 4.68 Å². The summed E-state index contributed by atoms with van der Waals surface area (Å²) in [6.07, 6.45) is 2.37. The summed E-state index contributed by atoms with van der Waals surface area (Å²) in [7, 11) is 0. The monoisotopic (exact) mass is 255 g/mol. The second-order valence-electron chi connectivity index (χ2n) is 4.91. The van der Waals surface area contributed by atoms with Crippen LogP contribution in [0, 0.1) is 5.92 Å². The Balaban J connectivity index is 1.91. The van der Waals surface area contributed by atoms with Gasteiger partial charge in [-0.3, -0.25) is 0 Å². The van der Waals surface area contributed by atoms with Crippen molar-refractivity contribution in [3.05, 3.63) is 5.82 Å². The molecule has 5 nitrogen and oxygen atoms in total. The van der Waals surface area contributed by atoms with Gasteiger partial charge in [0, 0.05) is 0 Å². The third-order valence-electron chi connectivity index (χ3n) is 2.93. The summed E-state index contributed by atoms with van der Waals surface area (Å²) in [5.41, 5.74) is 0. The second-order valence-corrected chi connectivity index (χ2v) is 6.13. The molecule has 6 heteroatoms. The Morgan fingerprint density at radius 3 is 2.88 bits per heavy atom. The number of nitrogens with one attached hydrogen (secondary N) is 1. The molecule has 1 N–H and O–H groups in total. The van der Waals surface area contributed by atoms with Gasteiger partial charge in [-0.1, -0.05) is 13.8 Å². The Hall–Kier alpha value is -0.620. The van der Waals surface area contributed by atoms with Gasteiger partial charge in [-0.2, -0.15) is 11.8 Å². The van der Waals surface area contributed by atoms with Crippen LogP contribution in [-0.4, -0.2) is 38.3 Å². The topological polar surface area (TPSA) is 55.6 Å². The fraction of sp³-hybridized carbons (Fsp3) is 0.909. The van der Waals surface area contributed by atoms with E-state index in [0.29, 0.717) is 12.0 Å². The van der Waals surface area contributed by atoms with Crippen LogP contribution >= 0.6 is 11.8 Å². The Bertz CT molecular complexity index is 332. The van der Waals surface area contributed by atoms with Crippen LogP contribution in [0.1, 0.15) is 38.6 Å². The normalized spacial score (nSPS) is 17.8. The van der Waals surface area contributed by atoms with Crippen molar-refractivity contribution < 1.29 is 0 Å². The quantitative estimate of drug-likeness (QED) is 0.864. The first kappa shape index (κ1) is 12.8. The molecule has 1 fully saturated rings. The number of rotatable bonds is 5. The van der Waals surface area contributed by atoms with E-state index in [2.05, 4.69) is 34.7 Å². The van der Waals surface area contributed by atoms with Crippen LogP contribution < -0.4 is 5.32 Å². The minimum atomic E-state index is 0.502. The SMILES string of the molecule is CC(C)CNCc1nnnn1C1CCSCC1. The molecule has 0 atom stereocenters. The van der Waals surface area contributed by atoms with Crippen LogP contribution in [0.5, 0.6) is 0 Å². The van der Waals surface area contributed by atoms with Crippen molar-refractivity contribution in [3.63, 3.8) is 0 Å². The molecule has 1 saturated heterocycles. The van der Waals surface area contributed by atoms with Gasteiger partial charge in [0.25, 0.3) is 0 Å². The molecule has 1 aliphatic heterocycles. The van der Waals surface area contributed by atoms with Gasteiger partial charge in [-0.15, -0.1) is 5.10 Å². The predicted molar refractivity (Wildman–Crippen MR) is 70.0 cm³/mol. The van der Waals surface area contributed by atoms with E-state index in [1.807, 2.05) is 16.4 Å². The van der Waals surface area contributed by atoms with E-state index in [1.165, 1.54) is 24.3 Å². The molecule has 0 aliphatic carbocycles. The summed E-state index contributed by atoms with van der Waals surface area (Å²) in [5.74, 6) is 4.08. The molecular formula is C11H21N5S. The number of aromatic nitrogens is 4. The second kappa shape index (κ2) is 6.35. The molecule has 1 aromatic rings. The number of hydrogen-bond acceptors (Lipinski definition) is 5. The molecule has 0 unspecified atom stereocenters. The molecular weight excluding hydrogens is 234 g/mol. The molecule has 0 amide bonds. The third kappa shape index (κ3) is 3.67. The molecule has 96 valence electrons. The summed E-state index contributed by atoms with van der Waals surface area (Å²) in [6, 6.07) is 0.502. The maximum atomic E-state index is 4.14. The van der Waals surface area contributed by atoms with E-state index in [9.17, 15) is 0 Å². The first-order valence-corrected chi connectivity index (χ1v) is 7.48. The van der Waals surface area contributed by atoms with Crippen molar-refractivity contribution in [2.24, 2.45) is 5.92 Å². The van der Waals surface area contributed by atoms with Crippen molar-refractivity contribution in [2.45, 2.75) is 39.3 Å². The van der Waals surface area contributed by atoms with Crippen LogP contribution in [0.25, 0.3) is 0 Å². The minimum Gasteiger partial charge on any atom is -0.310 e. The van der Waals surface area contributed by atoms with Gasteiger partial charge >= 0.3 is 0 Å². The predicted octanol–water partition coefficient (Wildman–Crippen LogP) is 1.49. The van der Waals surface area contributed by atoms with Crippen LogP contribution in [-0.2, 0) is 6.54 Å². The fourth-order valence-electron chi connectivity index (χ4n) is 2.01. The van der Waals surface area contributed by atoms with Crippen molar-refractivity contribution in [1.82, 2.24) is 25.5 Å². The molecule has 0 spiro atoms. The molecule has 2 heterocycles. The molecule has 1 aliphatic rings. The highest BCUT2D eigenvalue weighted by Gasteiger charge is 2.19. The van der Waals surface area contributed by atoms with Gasteiger partial charge < -0.3 is 5.32 Å². The first-order valence-electron chi connectivity index (χ1n) is 6.32. The summed E-state index contributed by atoms with van der Waals surface area (Å²) in [6.45, 7) is 6.19. The van der Waals surface area contributed by atoms with Crippen LogP contribution in [0.15, 0.2) is 0 Å². The lowest BCUT2D eigenvalue weighted by atomic mass is 10.1. The zero-order chi connectivity index (χ0) is 12.1. The van der Waals surface area contributed by atoms with Crippen molar-refractivity contribution >= 4 is 11.8 Å². The number of thioether (sulfide) groups is 1. The number of hydrogen-bond donors (Lipinski definition) is 1. The maximum absolute atomic E-state index is 4.14. The average Bonchev–Trinajstić information content (AvgIpc) is 2.78. The molecule has 2 rings (SSSR count). The van der Waals surface area contributed by atoms with Gasteiger partial charge in [-0.05, 0) is 47.2 Å². The highest BCUT2D eigenvalue weighted by atomic mass is 32.2. The van der Waals surface area contributed by atoms with E-state index in [1.54, 1.807) is 0 Å². The van der Waals surface area contributed by atoms with Gasteiger partial charge in [0.1, 0.15) is 0 Å². The van der Waals surface area contributed by atoms with Crippen LogP contribution in [0.2, 0.25) is 0 Å². The molecule has 1 aromatic heterocycles. The Kier molecular flexibility index (Phi) is 4.79. The molecule has 0 bridgehead atoms. The van der Waals surface area contributed by atoms with Gasteiger partial charge in [0.2, 0.25) is 0 Å². The lowest BCUT2D eigenvalue weighted by Crippen LogP contribution is -2.24. The molecule has 0 saturated carbocycles. The third-order valence-corrected chi connectivity index (χ3v) is 3.98. The smallest absolute Gasteiger partial charge is 0.165 e. The summed E-state index contributed by atoms with van der Waals surface area (Å²) >= 11 is 2.03. The van der Waals surface area contributed by atoms with E-state index >= 15 is 0 Å². The van der Waals surface area contributed by atoms with Gasteiger partial charge in [0.15, 0.2) is 5.82 Å². The molecule has 17 heavy (non-hydrogen) atoms.